The molecule has 0 aliphatic heterocycles. The average molecular weight is 231 g/mol. The van der Waals surface area contributed by atoms with Crippen LogP contribution >= 0.6 is 0 Å². The Hall–Kier alpha value is -2.17. The highest BCUT2D eigenvalue weighted by Gasteiger charge is 2.11. The van der Waals surface area contributed by atoms with E-state index in [9.17, 15) is 4.79 Å². The molecule has 5 nitrogen and oxygen atoms in total. The molecular formula is C12H13N3O2. The minimum absolute atomic E-state index is 0.00306. The summed E-state index contributed by atoms with van der Waals surface area (Å²) in [5.74, 6) is -0.843. The summed E-state index contributed by atoms with van der Waals surface area (Å²) >= 11 is 0. The molecular weight excluding hydrogens is 218 g/mol. The zero-order valence-corrected chi connectivity index (χ0v) is 9.50. The van der Waals surface area contributed by atoms with Crippen LogP contribution in [-0.4, -0.2) is 25.6 Å². The maximum Gasteiger partial charge on any atom is 0.309 e. The minimum Gasteiger partial charge on any atom is -0.481 e. The van der Waals surface area contributed by atoms with E-state index in [0.29, 0.717) is 6.54 Å². The Balaban J connectivity index is 2.24. The van der Waals surface area contributed by atoms with Crippen molar-refractivity contribution in [2.45, 2.75) is 19.9 Å². The third-order valence-corrected chi connectivity index (χ3v) is 2.58. The molecule has 1 N–H and O–H groups in total. The first-order valence-electron chi connectivity index (χ1n) is 5.28. The first-order valence-corrected chi connectivity index (χ1v) is 5.28. The molecule has 0 amide bonds. The van der Waals surface area contributed by atoms with Gasteiger partial charge >= 0.3 is 5.97 Å². The van der Waals surface area contributed by atoms with E-state index in [1.54, 1.807) is 18.7 Å². The highest BCUT2D eigenvalue weighted by molar-refractivity contribution is 5.69. The van der Waals surface area contributed by atoms with Crippen LogP contribution in [0.15, 0.2) is 30.9 Å². The van der Waals surface area contributed by atoms with Gasteiger partial charge in [-0.15, -0.1) is 0 Å². The van der Waals surface area contributed by atoms with Crippen LogP contribution in [0.5, 0.6) is 0 Å². The average Bonchev–Trinajstić information content (AvgIpc) is 2.62. The van der Waals surface area contributed by atoms with Crippen molar-refractivity contribution in [3.05, 3.63) is 47.8 Å². The van der Waals surface area contributed by atoms with E-state index in [0.717, 1.165) is 17.0 Å². The van der Waals surface area contributed by atoms with Gasteiger partial charge in [-0.2, -0.15) is 0 Å². The summed E-state index contributed by atoms with van der Waals surface area (Å²) in [6.07, 6.45) is 5.11. The number of aliphatic carboxylic acids is 1. The number of hydrogen-bond acceptors (Lipinski definition) is 3. The molecule has 2 aromatic heterocycles. The maximum absolute atomic E-state index is 10.8. The highest BCUT2D eigenvalue weighted by Crippen LogP contribution is 2.10. The summed E-state index contributed by atoms with van der Waals surface area (Å²) in [7, 11) is 0. The third kappa shape index (κ3) is 2.69. The molecule has 88 valence electrons. The molecule has 0 radical (unpaired) electrons. The lowest BCUT2D eigenvalue weighted by Crippen LogP contribution is -2.09. The summed E-state index contributed by atoms with van der Waals surface area (Å²) in [6, 6.07) is 3.81. The van der Waals surface area contributed by atoms with Gasteiger partial charge < -0.3 is 9.67 Å². The molecule has 0 aromatic carbocycles. The van der Waals surface area contributed by atoms with Gasteiger partial charge in [-0.05, 0) is 24.6 Å². The Bertz CT molecular complexity index is 520. The van der Waals surface area contributed by atoms with Crippen molar-refractivity contribution in [3.8, 4) is 0 Å². The largest absolute Gasteiger partial charge is 0.481 e. The van der Waals surface area contributed by atoms with Crippen molar-refractivity contribution in [2.75, 3.05) is 0 Å². The number of carboxylic acid groups (broad SMARTS) is 1. The van der Waals surface area contributed by atoms with E-state index < -0.39 is 5.97 Å². The number of imidazole rings is 1. The van der Waals surface area contributed by atoms with Crippen molar-refractivity contribution >= 4 is 5.97 Å². The number of rotatable bonds is 4. The molecule has 0 atom stereocenters. The zero-order chi connectivity index (χ0) is 12.3. The summed E-state index contributed by atoms with van der Waals surface area (Å²) in [5.41, 5.74) is 2.58. The van der Waals surface area contributed by atoms with Crippen LogP contribution < -0.4 is 0 Å². The van der Waals surface area contributed by atoms with E-state index in [4.69, 9.17) is 5.11 Å². The monoisotopic (exact) mass is 231 g/mol. The molecule has 0 aliphatic carbocycles. The number of nitrogens with zero attached hydrogens (tertiary/aromatic N) is 3. The molecule has 2 rings (SSSR count). The Morgan fingerprint density at radius 3 is 2.76 bits per heavy atom. The van der Waals surface area contributed by atoms with Gasteiger partial charge in [0, 0.05) is 18.9 Å². The topological polar surface area (TPSA) is 68.0 Å². The van der Waals surface area contributed by atoms with E-state index in [1.807, 2.05) is 23.6 Å². The number of aromatic nitrogens is 3. The Morgan fingerprint density at radius 2 is 2.12 bits per heavy atom. The fourth-order valence-electron chi connectivity index (χ4n) is 1.70. The van der Waals surface area contributed by atoms with Gasteiger partial charge in [0.2, 0.25) is 0 Å². The molecule has 0 aliphatic rings. The molecule has 0 bridgehead atoms. The number of hydrogen-bond donors (Lipinski definition) is 1. The van der Waals surface area contributed by atoms with Crippen LogP contribution in [0.1, 0.15) is 17.0 Å². The summed E-state index contributed by atoms with van der Waals surface area (Å²) in [5, 5.41) is 8.85. The predicted octanol–water partition coefficient (Wildman–Crippen LogP) is 1.26. The molecule has 0 unspecified atom stereocenters. The third-order valence-electron chi connectivity index (χ3n) is 2.58. The van der Waals surface area contributed by atoms with E-state index >= 15 is 0 Å². The van der Waals surface area contributed by atoms with Gasteiger partial charge in [-0.1, -0.05) is 0 Å². The number of aryl methyl sites for hydroxylation is 1. The number of carboxylic acids is 1. The second kappa shape index (κ2) is 4.78. The molecule has 2 aromatic rings. The van der Waals surface area contributed by atoms with Gasteiger partial charge in [0.1, 0.15) is 0 Å². The number of pyridine rings is 1. The maximum atomic E-state index is 10.8. The van der Waals surface area contributed by atoms with Crippen LogP contribution in [0.2, 0.25) is 0 Å². The van der Waals surface area contributed by atoms with Crippen LogP contribution in [0.3, 0.4) is 0 Å². The molecule has 2 heterocycles. The molecule has 0 fully saturated rings. The lowest BCUT2D eigenvalue weighted by molar-refractivity contribution is -0.136. The first kappa shape index (κ1) is 11.3. The van der Waals surface area contributed by atoms with Crippen LogP contribution in [0, 0.1) is 6.92 Å². The van der Waals surface area contributed by atoms with Crippen LogP contribution in [-0.2, 0) is 17.8 Å². The van der Waals surface area contributed by atoms with Crippen molar-refractivity contribution in [1.29, 1.82) is 0 Å². The van der Waals surface area contributed by atoms with Crippen LogP contribution in [0.25, 0.3) is 0 Å². The Kier molecular flexibility index (Phi) is 3.18. The lowest BCUT2D eigenvalue weighted by Gasteiger charge is -2.07. The Morgan fingerprint density at radius 1 is 1.41 bits per heavy atom. The van der Waals surface area contributed by atoms with Gasteiger partial charge in [0.25, 0.3) is 0 Å². The van der Waals surface area contributed by atoms with Crippen molar-refractivity contribution < 1.29 is 9.90 Å². The van der Waals surface area contributed by atoms with Gasteiger partial charge in [-0.25, -0.2) is 4.98 Å². The predicted molar refractivity (Wildman–Crippen MR) is 61.6 cm³/mol. The molecule has 5 heteroatoms. The minimum atomic E-state index is -0.843. The first-order chi connectivity index (χ1) is 8.16. The van der Waals surface area contributed by atoms with Gasteiger partial charge in [0.05, 0.1) is 24.1 Å². The fourth-order valence-corrected chi connectivity index (χ4v) is 1.70. The number of carbonyl (C=O) groups is 1. The molecule has 0 spiro atoms. The normalized spacial score (nSPS) is 10.4. The SMILES string of the molecule is Cc1ncn(Cc2ccncc2)c1CC(=O)O. The fraction of sp³-hybridized carbons (Fsp3) is 0.250. The highest BCUT2D eigenvalue weighted by atomic mass is 16.4. The van der Waals surface area contributed by atoms with Gasteiger partial charge in [-0.3, -0.25) is 9.78 Å². The summed E-state index contributed by atoms with van der Waals surface area (Å²) in [6.45, 7) is 2.44. The molecule has 17 heavy (non-hydrogen) atoms. The quantitative estimate of drug-likeness (QED) is 0.860. The van der Waals surface area contributed by atoms with Crippen molar-refractivity contribution in [2.24, 2.45) is 0 Å². The van der Waals surface area contributed by atoms with Crippen molar-refractivity contribution in [1.82, 2.24) is 14.5 Å². The Labute approximate surface area is 98.8 Å². The van der Waals surface area contributed by atoms with Crippen LogP contribution in [0.4, 0.5) is 0 Å². The van der Waals surface area contributed by atoms with Crippen molar-refractivity contribution in [3.63, 3.8) is 0 Å². The van der Waals surface area contributed by atoms with Gasteiger partial charge in [0.15, 0.2) is 0 Å². The zero-order valence-electron chi connectivity index (χ0n) is 9.50. The molecule has 0 saturated heterocycles. The molecule has 0 saturated carbocycles. The summed E-state index contributed by atoms with van der Waals surface area (Å²) < 4.78 is 1.86. The second-order valence-electron chi connectivity index (χ2n) is 3.83. The standard InChI is InChI=1S/C12H13N3O2/c1-9-11(6-12(16)17)15(8-14-9)7-10-2-4-13-5-3-10/h2-5,8H,6-7H2,1H3,(H,16,17). The van der Waals surface area contributed by atoms with E-state index in [-0.39, 0.29) is 6.42 Å². The lowest BCUT2D eigenvalue weighted by atomic mass is 10.2. The van der Waals surface area contributed by atoms with E-state index in [1.165, 1.54) is 0 Å². The second-order valence-corrected chi connectivity index (χ2v) is 3.83. The summed E-state index contributed by atoms with van der Waals surface area (Å²) in [4.78, 5) is 18.9. The van der Waals surface area contributed by atoms with E-state index in [2.05, 4.69) is 9.97 Å². The smallest absolute Gasteiger partial charge is 0.309 e.